The number of aliphatic hydroxyl groups excluding tert-OH is 1. The van der Waals surface area contributed by atoms with Crippen molar-refractivity contribution >= 4 is 0 Å². The molecule has 0 aromatic carbocycles. The van der Waals surface area contributed by atoms with Gasteiger partial charge in [0.05, 0.1) is 17.8 Å². The Balaban J connectivity index is 2.09. The molecule has 18 heavy (non-hydrogen) atoms. The van der Waals surface area contributed by atoms with Crippen molar-refractivity contribution in [3.8, 4) is 0 Å². The molecule has 0 radical (unpaired) electrons. The van der Waals surface area contributed by atoms with E-state index in [0.29, 0.717) is 11.5 Å². The van der Waals surface area contributed by atoms with E-state index in [1.54, 1.807) is 0 Å². The normalized spacial score (nSPS) is 40.7. The van der Waals surface area contributed by atoms with Crippen molar-refractivity contribution in [3.05, 3.63) is 0 Å². The fourth-order valence-corrected chi connectivity index (χ4v) is 3.66. The van der Waals surface area contributed by atoms with Gasteiger partial charge in [-0.05, 0) is 45.4 Å². The fourth-order valence-electron chi connectivity index (χ4n) is 3.66. The maximum atomic E-state index is 10.3. The number of morpholine rings is 1. The minimum Gasteiger partial charge on any atom is -0.391 e. The zero-order valence-electron chi connectivity index (χ0n) is 12.6. The smallest absolute Gasteiger partial charge is 0.0757 e. The maximum absolute atomic E-state index is 10.3. The third kappa shape index (κ3) is 3.25. The molecule has 3 heteroatoms. The predicted octanol–water partition coefficient (Wildman–Crippen LogP) is 2.43. The summed E-state index contributed by atoms with van der Waals surface area (Å²) >= 11 is 0. The van der Waals surface area contributed by atoms with Crippen LogP contribution in [0.15, 0.2) is 0 Å². The Morgan fingerprint density at radius 1 is 1.22 bits per heavy atom. The van der Waals surface area contributed by atoms with E-state index in [9.17, 15) is 5.11 Å². The molecular weight excluding hydrogens is 226 g/mol. The lowest BCUT2D eigenvalue weighted by Gasteiger charge is -2.50. The summed E-state index contributed by atoms with van der Waals surface area (Å²) in [5, 5.41) is 10.3. The van der Waals surface area contributed by atoms with E-state index in [4.69, 9.17) is 4.74 Å². The average Bonchev–Trinajstić information content (AvgIpc) is 2.19. The second-order valence-electron chi connectivity index (χ2n) is 7.66. The van der Waals surface area contributed by atoms with Gasteiger partial charge in [0.1, 0.15) is 0 Å². The molecule has 0 aromatic heterocycles. The molecule has 1 aliphatic carbocycles. The number of aliphatic hydroxyl groups is 1. The van der Waals surface area contributed by atoms with Crippen LogP contribution in [0.4, 0.5) is 0 Å². The van der Waals surface area contributed by atoms with E-state index < -0.39 is 0 Å². The Kier molecular flexibility index (Phi) is 3.79. The van der Waals surface area contributed by atoms with Crippen molar-refractivity contribution in [3.63, 3.8) is 0 Å². The SMILES string of the molecule is CC1CN(C2CC(C)(C)CCC2O)CC(C)(C)O1. The summed E-state index contributed by atoms with van der Waals surface area (Å²) in [6, 6.07) is 0.305. The van der Waals surface area contributed by atoms with E-state index in [1.165, 1.54) is 0 Å². The van der Waals surface area contributed by atoms with Crippen molar-refractivity contribution in [2.24, 2.45) is 5.41 Å². The van der Waals surface area contributed by atoms with Gasteiger partial charge in [-0.15, -0.1) is 0 Å². The van der Waals surface area contributed by atoms with E-state index >= 15 is 0 Å². The van der Waals surface area contributed by atoms with Gasteiger partial charge >= 0.3 is 0 Å². The summed E-state index contributed by atoms with van der Waals surface area (Å²) in [5.41, 5.74) is 0.258. The second kappa shape index (κ2) is 4.77. The molecule has 2 aliphatic rings. The molecule has 0 bridgehead atoms. The van der Waals surface area contributed by atoms with Crippen LogP contribution in [0.1, 0.15) is 53.9 Å². The molecule has 1 N–H and O–H groups in total. The van der Waals surface area contributed by atoms with Crippen LogP contribution in [0, 0.1) is 5.41 Å². The summed E-state index contributed by atoms with van der Waals surface area (Å²) in [6.45, 7) is 12.9. The van der Waals surface area contributed by atoms with Crippen LogP contribution < -0.4 is 0 Å². The molecule has 0 spiro atoms. The van der Waals surface area contributed by atoms with Crippen LogP contribution in [0.3, 0.4) is 0 Å². The van der Waals surface area contributed by atoms with Gasteiger partial charge in [0.2, 0.25) is 0 Å². The van der Waals surface area contributed by atoms with Crippen LogP contribution >= 0.6 is 0 Å². The molecule has 1 saturated carbocycles. The Bertz CT molecular complexity index is 301. The molecule has 2 rings (SSSR count). The van der Waals surface area contributed by atoms with Gasteiger partial charge in [-0.1, -0.05) is 13.8 Å². The first-order valence-electron chi connectivity index (χ1n) is 7.28. The van der Waals surface area contributed by atoms with Gasteiger partial charge in [0.25, 0.3) is 0 Å². The minimum atomic E-state index is -0.167. The summed E-state index contributed by atoms with van der Waals surface area (Å²) in [5.74, 6) is 0. The highest BCUT2D eigenvalue weighted by Crippen LogP contribution is 2.39. The van der Waals surface area contributed by atoms with Crippen LogP contribution in [-0.4, -0.2) is 46.9 Å². The molecule has 1 saturated heterocycles. The number of nitrogens with zero attached hydrogens (tertiary/aromatic N) is 1. The number of hydrogen-bond donors (Lipinski definition) is 1. The average molecular weight is 255 g/mol. The van der Waals surface area contributed by atoms with E-state index in [0.717, 1.165) is 32.4 Å². The molecule has 3 unspecified atom stereocenters. The van der Waals surface area contributed by atoms with E-state index in [1.807, 2.05) is 0 Å². The van der Waals surface area contributed by atoms with Gasteiger partial charge in [-0.2, -0.15) is 0 Å². The molecule has 106 valence electrons. The number of rotatable bonds is 1. The first-order chi connectivity index (χ1) is 8.19. The summed E-state index contributed by atoms with van der Waals surface area (Å²) in [7, 11) is 0. The standard InChI is InChI=1S/C15H29NO2/c1-11-9-16(10-15(4,5)18-11)12-8-14(2,3)7-6-13(12)17/h11-13,17H,6-10H2,1-5H3. The molecular formula is C15H29NO2. The van der Waals surface area contributed by atoms with E-state index in [2.05, 4.69) is 39.5 Å². The van der Waals surface area contributed by atoms with Crippen molar-refractivity contribution in [1.82, 2.24) is 4.90 Å². The first kappa shape index (κ1) is 14.3. The lowest BCUT2D eigenvalue weighted by Crippen LogP contribution is -2.59. The molecule has 3 atom stereocenters. The first-order valence-corrected chi connectivity index (χ1v) is 7.28. The molecule has 0 amide bonds. The lowest BCUT2D eigenvalue weighted by molar-refractivity contribution is -0.155. The third-order valence-corrected chi connectivity index (χ3v) is 4.39. The predicted molar refractivity (Wildman–Crippen MR) is 73.6 cm³/mol. The van der Waals surface area contributed by atoms with Crippen molar-refractivity contribution < 1.29 is 9.84 Å². The lowest BCUT2D eigenvalue weighted by atomic mass is 9.73. The monoisotopic (exact) mass is 255 g/mol. The quantitative estimate of drug-likeness (QED) is 0.781. The van der Waals surface area contributed by atoms with Gasteiger partial charge in [0, 0.05) is 19.1 Å². The van der Waals surface area contributed by atoms with Crippen LogP contribution in [-0.2, 0) is 4.74 Å². The van der Waals surface area contributed by atoms with Crippen molar-refractivity contribution in [2.45, 2.75) is 77.7 Å². The summed E-state index contributed by atoms with van der Waals surface area (Å²) < 4.78 is 5.96. The van der Waals surface area contributed by atoms with Gasteiger partial charge < -0.3 is 9.84 Å². The van der Waals surface area contributed by atoms with E-state index in [-0.39, 0.29) is 17.8 Å². The van der Waals surface area contributed by atoms with Gasteiger partial charge in [-0.25, -0.2) is 0 Å². The zero-order chi connectivity index (χ0) is 13.6. The fraction of sp³-hybridized carbons (Fsp3) is 1.00. The topological polar surface area (TPSA) is 32.7 Å². The van der Waals surface area contributed by atoms with Gasteiger partial charge in [-0.3, -0.25) is 4.90 Å². The van der Waals surface area contributed by atoms with Crippen molar-refractivity contribution in [2.75, 3.05) is 13.1 Å². The van der Waals surface area contributed by atoms with Crippen LogP contribution in [0.25, 0.3) is 0 Å². The summed E-state index contributed by atoms with van der Waals surface area (Å²) in [6.07, 6.45) is 3.25. The van der Waals surface area contributed by atoms with Crippen molar-refractivity contribution in [1.29, 1.82) is 0 Å². The molecule has 0 aromatic rings. The zero-order valence-corrected chi connectivity index (χ0v) is 12.6. The Hall–Kier alpha value is -0.120. The molecule has 1 aliphatic heterocycles. The second-order valence-corrected chi connectivity index (χ2v) is 7.66. The Morgan fingerprint density at radius 2 is 1.89 bits per heavy atom. The highest BCUT2D eigenvalue weighted by Gasteiger charge is 2.41. The number of hydrogen-bond acceptors (Lipinski definition) is 3. The van der Waals surface area contributed by atoms with Gasteiger partial charge in [0.15, 0.2) is 0 Å². The number of ether oxygens (including phenoxy) is 1. The molecule has 3 nitrogen and oxygen atoms in total. The highest BCUT2D eigenvalue weighted by molar-refractivity contribution is 4.94. The molecule has 1 heterocycles. The third-order valence-electron chi connectivity index (χ3n) is 4.39. The highest BCUT2D eigenvalue weighted by atomic mass is 16.5. The summed E-state index contributed by atoms with van der Waals surface area (Å²) in [4.78, 5) is 2.46. The Morgan fingerprint density at radius 3 is 2.50 bits per heavy atom. The van der Waals surface area contributed by atoms with Crippen LogP contribution in [0.2, 0.25) is 0 Å². The minimum absolute atomic E-state index is 0.0982. The van der Waals surface area contributed by atoms with Crippen LogP contribution in [0.5, 0.6) is 0 Å². The maximum Gasteiger partial charge on any atom is 0.0757 e. The largest absolute Gasteiger partial charge is 0.391 e. The molecule has 2 fully saturated rings. The Labute approximate surface area is 112 Å².